The lowest BCUT2D eigenvalue weighted by Gasteiger charge is -1.99. The molecule has 0 fully saturated rings. The third-order valence-electron chi connectivity index (χ3n) is 3.70. The van der Waals surface area contributed by atoms with Crippen molar-refractivity contribution in [3.63, 3.8) is 0 Å². The quantitative estimate of drug-likeness (QED) is 0.522. The predicted octanol–water partition coefficient (Wildman–Crippen LogP) is 3.45. The number of nitrogens with one attached hydrogen (secondary N) is 2. The summed E-state index contributed by atoms with van der Waals surface area (Å²) in [5.41, 5.74) is 7.71. The normalized spacial score (nSPS) is 11.2. The van der Waals surface area contributed by atoms with E-state index in [1.54, 1.807) is 0 Å². The van der Waals surface area contributed by atoms with Crippen molar-refractivity contribution >= 4 is 32.8 Å². The Kier molecular flexibility index (Phi) is 5.30. The average molecular weight is 378 g/mol. The van der Waals surface area contributed by atoms with E-state index in [4.69, 9.17) is 10.3 Å². The maximum atomic E-state index is 5.47. The third kappa shape index (κ3) is 4.11. The topological polar surface area (TPSA) is 92.8 Å². The van der Waals surface area contributed by atoms with Gasteiger partial charge in [-0.2, -0.15) is 4.98 Å². The van der Waals surface area contributed by atoms with E-state index < -0.39 is 0 Å². The molecule has 6 nitrogen and oxygen atoms in total. The summed E-state index contributed by atoms with van der Waals surface area (Å²) in [4.78, 5) is 7.65. The van der Waals surface area contributed by atoms with E-state index in [9.17, 15) is 0 Å². The number of hydrogen-bond acceptors (Lipinski definition) is 5. The molecule has 122 valence electrons. The van der Waals surface area contributed by atoms with Crippen LogP contribution >= 0.6 is 15.9 Å². The number of fused-ring (bicyclic) bond motifs is 1. The minimum absolute atomic E-state index is 0.551. The van der Waals surface area contributed by atoms with Gasteiger partial charge >= 0.3 is 0 Å². The first-order valence-corrected chi connectivity index (χ1v) is 8.57. The highest BCUT2D eigenvalue weighted by Crippen LogP contribution is 2.24. The minimum atomic E-state index is 0.551. The van der Waals surface area contributed by atoms with Gasteiger partial charge in [0.05, 0.1) is 6.42 Å². The molecule has 0 aliphatic heterocycles. The minimum Gasteiger partial charge on any atom is -0.361 e. The molecular formula is C16H20BrN5O. The van der Waals surface area contributed by atoms with Crippen LogP contribution in [0.15, 0.2) is 33.4 Å². The summed E-state index contributed by atoms with van der Waals surface area (Å²) in [6.45, 7) is 1.58. The number of aromatic nitrogens is 3. The largest absolute Gasteiger partial charge is 0.361 e. The number of halogens is 1. The number of anilines is 1. The van der Waals surface area contributed by atoms with Crippen molar-refractivity contribution in [1.29, 1.82) is 0 Å². The Balaban J connectivity index is 1.59. The van der Waals surface area contributed by atoms with Crippen molar-refractivity contribution in [1.82, 2.24) is 15.1 Å². The molecule has 7 heteroatoms. The summed E-state index contributed by atoms with van der Waals surface area (Å²) < 4.78 is 6.38. The lowest BCUT2D eigenvalue weighted by molar-refractivity contribution is 0.386. The van der Waals surface area contributed by atoms with Crippen LogP contribution in [-0.4, -0.2) is 28.2 Å². The molecule has 0 atom stereocenters. The van der Waals surface area contributed by atoms with Crippen LogP contribution in [0.3, 0.4) is 0 Å². The van der Waals surface area contributed by atoms with E-state index in [1.165, 1.54) is 5.39 Å². The standard InChI is InChI=1S/C16H20BrN5O/c17-12-4-5-13-11(10-20-14(13)9-12)8-15-21-16(22-23-15)19-7-3-1-2-6-18/h4-5,9-10,20H,1-3,6-8,18H2,(H,19,22). The SMILES string of the molecule is NCCCCCNc1noc(Cc2c[nH]c3cc(Br)ccc23)n1. The number of nitrogens with two attached hydrogens (primary N) is 1. The van der Waals surface area contributed by atoms with E-state index in [0.29, 0.717) is 18.3 Å². The van der Waals surface area contributed by atoms with Gasteiger partial charge < -0.3 is 20.6 Å². The molecule has 0 radical (unpaired) electrons. The molecule has 2 aromatic heterocycles. The third-order valence-corrected chi connectivity index (χ3v) is 4.20. The van der Waals surface area contributed by atoms with Crippen LogP contribution in [0.5, 0.6) is 0 Å². The van der Waals surface area contributed by atoms with Gasteiger partial charge in [-0.25, -0.2) is 0 Å². The van der Waals surface area contributed by atoms with Crippen molar-refractivity contribution in [2.45, 2.75) is 25.7 Å². The highest BCUT2D eigenvalue weighted by atomic mass is 79.9. The lowest BCUT2D eigenvalue weighted by Crippen LogP contribution is -2.05. The van der Waals surface area contributed by atoms with Crippen LogP contribution in [-0.2, 0) is 6.42 Å². The molecule has 0 unspecified atom stereocenters. The smallest absolute Gasteiger partial charge is 0.263 e. The zero-order valence-electron chi connectivity index (χ0n) is 12.8. The van der Waals surface area contributed by atoms with Gasteiger partial charge in [0.15, 0.2) is 0 Å². The van der Waals surface area contributed by atoms with E-state index >= 15 is 0 Å². The maximum absolute atomic E-state index is 5.47. The Labute approximate surface area is 143 Å². The molecule has 0 aliphatic rings. The summed E-state index contributed by atoms with van der Waals surface area (Å²) in [7, 11) is 0. The molecule has 0 bridgehead atoms. The van der Waals surface area contributed by atoms with Crippen molar-refractivity contribution < 1.29 is 4.52 Å². The zero-order chi connectivity index (χ0) is 16.1. The fraction of sp³-hybridized carbons (Fsp3) is 0.375. The number of benzene rings is 1. The Morgan fingerprint density at radius 3 is 3.04 bits per heavy atom. The summed E-state index contributed by atoms with van der Waals surface area (Å²) in [5.74, 6) is 1.16. The first kappa shape index (κ1) is 16.0. The van der Waals surface area contributed by atoms with Crippen LogP contribution in [0.4, 0.5) is 5.95 Å². The Hall–Kier alpha value is -1.86. The van der Waals surface area contributed by atoms with Gasteiger partial charge in [0, 0.05) is 28.1 Å². The van der Waals surface area contributed by atoms with Crippen LogP contribution in [0.1, 0.15) is 30.7 Å². The molecule has 0 saturated heterocycles. The average Bonchev–Trinajstić information content (AvgIpc) is 3.15. The highest BCUT2D eigenvalue weighted by Gasteiger charge is 2.10. The zero-order valence-corrected chi connectivity index (χ0v) is 14.4. The number of unbranched alkanes of at least 4 members (excludes halogenated alkanes) is 2. The van der Waals surface area contributed by atoms with E-state index in [2.05, 4.69) is 48.5 Å². The molecule has 3 rings (SSSR count). The van der Waals surface area contributed by atoms with Crippen LogP contribution in [0, 0.1) is 0 Å². The Morgan fingerprint density at radius 2 is 2.17 bits per heavy atom. The second-order valence-corrected chi connectivity index (χ2v) is 6.38. The van der Waals surface area contributed by atoms with Gasteiger partial charge in [0.1, 0.15) is 0 Å². The van der Waals surface area contributed by atoms with Gasteiger partial charge in [-0.3, -0.25) is 0 Å². The predicted molar refractivity (Wildman–Crippen MR) is 94.5 cm³/mol. The number of aromatic amines is 1. The first-order valence-electron chi connectivity index (χ1n) is 7.78. The van der Waals surface area contributed by atoms with Crippen LogP contribution < -0.4 is 11.1 Å². The van der Waals surface area contributed by atoms with Gasteiger partial charge in [0.25, 0.3) is 5.95 Å². The summed E-state index contributed by atoms with van der Waals surface area (Å²) in [5, 5.41) is 8.32. The summed E-state index contributed by atoms with van der Waals surface area (Å²) >= 11 is 3.48. The van der Waals surface area contributed by atoms with Gasteiger partial charge in [0.2, 0.25) is 5.89 Å². The van der Waals surface area contributed by atoms with E-state index in [-0.39, 0.29) is 0 Å². The molecule has 2 heterocycles. The highest BCUT2D eigenvalue weighted by molar-refractivity contribution is 9.10. The van der Waals surface area contributed by atoms with Crippen molar-refractivity contribution in [2.75, 3.05) is 18.4 Å². The Bertz CT molecular complexity index is 767. The molecule has 0 amide bonds. The van der Waals surface area contributed by atoms with Gasteiger partial charge in [-0.15, -0.1) is 0 Å². The summed E-state index contributed by atoms with van der Waals surface area (Å²) in [6, 6.07) is 6.17. The number of hydrogen-bond donors (Lipinski definition) is 3. The van der Waals surface area contributed by atoms with Gasteiger partial charge in [-0.1, -0.05) is 28.4 Å². The van der Waals surface area contributed by atoms with Crippen LogP contribution in [0.2, 0.25) is 0 Å². The Morgan fingerprint density at radius 1 is 1.26 bits per heavy atom. The van der Waals surface area contributed by atoms with E-state index in [1.807, 2.05) is 12.3 Å². The lowest BCUT2D eigenvalue weighted by atomic mass is 10.1. The molecule has 0 saturated carbocycles. The van der Waals surface area contributed by atoms with Crippen molar-refractivity contribution in [3.8, 4) is 0 Å². The second kappa shape index (κ2) is 7.61. The van der Waals surface area contributed by atoms with E-state index in [0.717, 1.165) is 47.9 Å². The first-order chi connectivity index (χ1) is 11.3. The summed E-state index contributed by atoms with van der Waals surface area (Å²) in [6.07, 6.45) is 5.82. The van der Waals surface area contributed by atoms with Crippen molar-refractivity contribution in [2.24, 2.45) is 5.73 Å². The molecule has 0 spiro atoms. The molecule has 3 aromatic rings. The van der Waals surface area contributed by atoms with Gasteiger partial charge in [-0.05, 0) is 42.2 Å². The fourth-order valence-corrected chi connectivity index (χ4v) is 2.87. The molecule has 1 aromatic carbocycles. The second-order valence-electron chi connectivity index (χ2n) is 5.47. The fourth-order valence-electron chi connectivity index (χ4n) is 2.51. The molecule has 23 heavy (non-hydrogen) atoms. The molecule has 0 aliphatic carbocycles. The number of nitrogens with zero attached hydrogens (tertiary/aromatic N) is 2. The molecular weight excluding hydrogens is 358 g/mol. The number of H-pyrrole nitrogens is 1. The molecule has 4 N–H and O–H groups in total. The maximum Gasteiger partial charge on any atom is 0.263 e. The van der Waals surface area contributed by atoms with Crippen molar-refractivity contribution in [3.05, 3.63) is 40.3 Å². The monoisotopic (exact) mass is 377 g/mol. The number of rotatable bonds is 8. The van der Waals surface area contributed by atoms with Crippen LogP contribution in [0.25, 0.3) is 10.9 Å².